The van der Waals surface area contributed by atoms with Gasteiger partial charge in [0.25, 0.3) is 7.82 Å². The highest BCUT2D eigenvalue weighted by Gasteiger charge is 2.24. The van der Waals surface area contributed by atoms with E-state index in [1.165, 1.54) is 308 Å². The monoisotopic (exact) mass is 1100 g/mol. The summed E-state index contributed by atoms with van der Waals surface area (Å²) >= 11 is 0. The summed E-state index contributed by atoms with van der Waals surface area (Å²) in [6.07, 6.45) is 73.2. The summed E-state index contributed by atoms with van der Waals surface area (Å²) < 4.78 is 23.5. The number of hydrogen-bond donors (Lipinski definition) is 2. The molecule has 0 aromatic rings. The number of carbonyl (C=O) groups excluding carboxylic acids is 1. The lowest BCUT2D eigenvalue weighted by Crippen LogP contribution is -2.46. The second kappa shape index (κ2) is 59.1. The summed E-state index contributed by atoms with van der Waals surface area (Å²) in [5.41, 5.74) is 0. The molecule has 1 amide bonds. The third kappa shape index (κ3) is 61.1. The summed E-state index contributed by atoms with van der Waals surface area (Å²) in [6.45, 7) is 4.80. The van der Waals surface area contributed by atoms with Gasteiger partial charge in [-0.05, 0) is 12.8 Å². The van der Waals surface area contributed by atoms with Crippen LogP contribution in [0.3, 0.4) is 0 Å². The lowest BCUT2D eigenvalue weighted by Gasteiger charge is -2.30. The Morgan fingerprint density at radius 1 is 0.408 bits per heavy atom. The number of nitrogens with zero attached hydrogens (tertiary/aromatic N) is 1. The standard InChI is InChI=1S/C67H137N2O6P/c1-6-8-10-12-14-16-18-20-22-24-26-28-30-32-34-36-38-40-42-44-46-48-50-52-54-56-58-60-66(70)65(64-75-76(72,73)74-63-62-69(3,4)5)68-67(71)61-59-57-55-53-51-49-47-45-43-41-39-37-35-33-31-29-27-25-23-21-19-17-15-13-11-9-7-2/h65-66,70H,6-64H2,1-5H3,(H-,68,71,72,73). The number of hydrogen-bond acceptors (Lipinski definition) is 6. The van der Waals surface area contributed by atoms with Crippen LogP contribution in [-0.4, -0.2) is 68.5 Å². The smallest absolute Gasteiger partial charge is 0.268 e. The van der Waals surface area contributed by atoms with E-state index in [0.717, 1.165) is 38.5 Å². The average Bonchev–Trinajstić information content (AvgIpc) is 3.38. The number of phosphoric ester groups is 1. The number of carbonyl (C=O) groups is 1. The minimum atomic E-state index is -4.57. The van der Waals surface area contributed by atoms with Gasteiger partial charge in [0.15, 0.2) is 0 Å². The van der Waals surface area contributed by atoms with E-state index in [1.54, 1.807) is 0 Å². The highest BCUT2D eigenvalue weighted by molar-refractivity contribution is 7.45. The zero-order chi connectivity index (χ0) is 55.6. The molecule has 0 bridgehead atoms. The van der Waals surface area contributed by atoms with Gasteiger partial charge in [-0.15, -0.1) is 0 Å². The molecular weight excluding hydrogens is 960 g/mol. The third-order valence-electron chi connectivity index (χ3n) is 16.3. The minimum Gasteiger partial charge on any atom is -0.756 e. The van der Waals surface area contributed by atoms with Gasteiger partial charge < -0.3 is 28.8 Å². The maximum absolute atomic E-state index is 13.0. The fourth-order valence-corrected chi connectivity index (χ4v) is 11.7. The highest BCUT2D eigenvalue weighted by atomic mass is 31.2. The molecule has 0 aromatic heterocycles. The van der Waals surface area contributed by atoms with Crippen molar-refractivity contribution < 1.29 is 32.9 Å². The van der Waals surface area contributed by atoms with Gasteiger partial charge in [0, 0.05) is 6.42 Å². The van der Waals surface area contributed by atoms with E-state index in [1.807, 2.05) is 21.1 Å². The van der Waals surface area contributed by atoms with Crippen molar-refractivity contribution in [2.24, 2.45) is 0 Å². The third-order valence-corrected chi connectivity index (χ3v) is 17.3. The van der Waals surface area contributed by atoms with E-state index in [2.05, 4.69) is 19.2 Å². The molecule has 9 heteroatoms. The first kappa shape index (κ1) is 75.5. The fourth-order valence-electron chi connectivity index (χ4n) is 11.0. The molecule has 0 spiro atoms. The van der Waals surface area contributed by atoms with Crippen molar-refractivity contribution in [3.8, 4) is 0 Å². The lowest BCUT2D eigenvalue weighted by molar-refractivity contribution is -0.870. The van der Waals surface area contributed by atoms with Crippen molar-refractivity contribution in [3.05, 3.63) is 0 Å². The number of nitrogens with one attached hydrogen (secondary N) is 1. The molecule has 0 fully saturated rings. The van der Waals surface area contributed by atoms with Crippen molar-refractivity contribution in [2.75, 3.05) is 40.9 Å². The first-order chi connectivity index (χ1) is 37.0. The molecule has 0 saturated heterocycles. The first-order valence-electron chi connectivity index (χ1n) is 34.4. The Morgan fingerprint density at radius 2 is 0.645 bits per heavy atom. The predicted octanol–water partition coefficient (Wildman–Crippen LogP) is 20.9. The van der Waals surface area contributed by atoms with Crippen LogP contribution < -0.4 is 10.2 Å². The molecule has 8 nitrogen and oxygen atoms in total. The van der Waals surface area contributed by atoms with Crippen molar-refractivity contribution >= 4 is 13.7 Å². The molecule has 0 heterocycles. The summed E-state index contributed by atoms with van der Waals surface area (Å²) in [7, 11) is 1.33. The van der Waals surface area contributed by atoms with Gasteiger partial charge in [-0.25, -0.2) is 0 Å². The molecule has 0 saturated carbocycles. The van der Waals surface area contributed by atoms with E-state index in [-0.39, 0.29) is 19.1 Å². The van der Waals surface area contributed by atoms with Gasteiger partial charge in [-0.2, -0.15) is 0 Å². The Balaban J connectivity index is 4.00. The molecular formula is C67H137N2O6P. The number of phosphoric acid groups is 1. The quantitative estimate of drug-likeness (QED) is 0.0357. The molecule has 0 aliphatic rings. The molecule has 0 radical (unpaired) electrons. The molecule has 76 heavy (non-hydrogen) atoms. The second-order valence-electron chi connectivity index (χ2n) is 25.3. The van der Waals surface area contributed by atoms with Crippen LogP contribution in [0.25, 0.3) is 0 Å². The van der Waals surface area contributed by atoms with E-state index in [0.29, 0.717) is 23.9 Å². The minimum absolute atomic E-state index is 0.0170. The van der Waals surface area contributed by atoms with Crippen molar-refractivity contribution in [2.45, 2.75) is 386 Å². The Hall–Kier alpha value is -0.500. The summed E-state index contributed by atoms with van der Waals surface area (Å²) in [5.74, 6) is -0.154. The summed E-state index contributed by atoms with van der Waals surface area (Å²) in [4.78, 5) is 25.6. The maximum Gasteiger partial charge on any atom is 0.268 e. The lowest BCUT2D eigenvalue weighted by atomic mass is 10.0. The van der Waals surface area contributed by atoms with Crippen LogP contribution in [0.4, 0.5) is 0 Å². The number of amides is 1. The van der Waals surface area contributed by atoms with Crippen LogP contribution in [0, 0.1) is 0 Å². The number of unbranched alkanes of at least 4 members (excludes halogenated alkanes) is 52. The van der Waals surface area contributed by atoms with E-state index in [9.17, 15) is 19.4 Å². The number of likely N-dealkylation sites (N-methyl/N-ethyl adjacent to an activating group) is 1. The van der Waals surface area contributed by atoms with E-state index < -0.39 is 20.0 Å². The Kier molecular flexibility index (Phi) is 58.7. The van der Waals surface area contributed by atoms with Crippen LogP contribution >= 0.6 is 7.82 Å². The van der Waals surface area contributed by atoms with E-state index >= 15 is 0 Å². The van der Waals surface area contributed by atoms with Gasteiger partial charge in [-0.3, -0.25) is 9.36 Å². The van der Waals surface area contributed by atoms with Crippen LogP contribution in [0.2, 0.25) is 0 Å². The summed E-state index contributed by atoms with van der Waals surface area (Å²) in [5, 5.41) is 14.1. The number of aliphatic hydroxyl groups is 1. The molecule has 0 aromatic carbocycles. The predicted molar refractivity (Wildman–Crippen MR) is 330 cm³/mol. The van der Waals surface area contributed by atoms with Crippen LogP contribution in [0.15, 0.2) is 0 Å². The largest absolute Gasteiger partial charge is 0.756 e. The maximum atomic E-state index is 13.0. The SMILES string of the molecule is CCCCCCCCCCCCCCCCCCCCCCCCCCCCCC(=O)NC(COP(=O)([O-])OCC[N+](C)(C)C)C(O)CCCCCCCCCCCCCCCCCCCCCCCCCCCCC. The topological polar surface area (TPSA) is 108 Å². The number of quaternary nitrogens is 1. The van der Waals surface area contributed by atoms with Crippen LogP contribution in [-0.2, 0) is 18.4 Å². The summed E-state index contributed by atoms with van der Waals surface area (Å²) in [6, 6.07) is -0.797. The van der Waals surface area contributed by atoms with Gasteiger partial charge in [0.2, 0.25) is 5.91 Å². The molecule has 456 valence electrons. The zero-order valence-corrected chi connectivity index (χ0v) is 53.2. The van der Waals surface area contributed by atoms with Crippen molar-refractivity contribution in [1.82, 2.24) is 5.32 Å². The van der Waals surface area contributed by atoms with E-state index in [4.69, 9.17) is 9.05 Å². The Bertz CT molecular complexity index is 1200. The van der Waals surface area contributed by atoms with Gasteiger partial charge in [0.05, 0.1) is 39.9 Å². The molecule has 0 aliphatic heterocycles. The molecule has 2 N–H and O–H groups in total. The highest BCUT2D eigenvalue weighted by Crippen LogP contribution is 2.38. The molecule has 0 rings (SSSR count). The van der Waals surface area contributed by atoms with Crippen molar-refractivity contribution in [3.63, 3.8) is 0 Å². The zero-order valence-electron chi connectivity index (χ0n) is 52.3. The van der Waals surface area contributed by atoms with Gasteiger partial charge >= 0.3 is 0 Å². The first-order valence-corrected chi connectivity index (χ1v) is 35.8. The average molecular weight is 1100 g/mol. The Labute approximate surface area is 476 Å². The molecule has 3 unspecified atom stereocenters. The Morgan fingerprint density at radius 3 is 0.895 bits per heavy atom. The normalized spacial score (nSPS) is 13.6. The molecule has 3 atom stereocenters. The second-order valence-corrected chi connectivity index (χ2v) is 26.7. The molecule has 0 aliphatic carbocycles. The number of rotatable bonds is 65. The van der Waals surface area contributed by atoms with Gasteiger partial charge in [0.1, 0.15) is 13.2 Å². The van der Waals surface area contributed by atoms with Gasteiger partial charge in [-0.1, -0.05) is 354 Å². The number of aliphatic hydroxyl groups excluding tert-OH is 1. The van der Waals surface area contributed by atoms with Crippen LogP contribution in [0.5, 0.6) is 0 Å². The fraction of sp³-hybridized carbons (Fsp3) is 0.985. The van der Waals surface area contributed by atoms with Crippen LogP contribution in [0.1, 0.15) is 373 Å². The van der Waals surface area contributed by atoms with Crippen molar-refractivity contribution in [1.29, 1.82) is 0 Å².